The first-order chi connectivity index (χ1) is 14.8. The Morgan fingerprint density at radius 2 is 1.74 bits per heavy atom. The summed E-state index contributed by atoms with van der Waals surface area (Å²) in [5, 5.41) is -0.219. The molecule has 31 heavy (non-hydrogen) atoms. The number of benzene rings is 2. The molecule has 0 saturated heterocycles. The van der Waals surface area contributed by atoms with Gasteiger partial charge >= 0.3 is 0 Å². The Morgan fingerprint density at radius 1 is 1.00 bits per heavy atom. The number of sulfone groups is 1. The Morgan fingerprint density at radius 3 is 2.45 bits per heavy atom. The van der Waals surface area contributed by atoms with Crippen molar-refractivity contribution in [1.29, 1.82) is 0 Å². The maximum atomic E-state index is 14.7. The Bertz CT molecular complexity index is 1350. The molecule has 4 aromatic rings. The van der Waals surface area contributed by atoms with E-state index in [1.165, 1.54) is 17.0 Å². The molecule has 0 amide bonds. The molecule has 158 valence electrons. The van der Waals surface area contributed by atoms with Gasteiger partial charge in [0, 0.05) is 37.1 Å². The molecule has 0 aliphatic heterocycles. The number of aromatic nitrogens is 2. The summed E-state index contributed by atoms with van der Waals surface area (Å²) in [7, 11) is -4.17. The molecule has 0 radical (unpaired) electrons. The van der Waals surface area contributed by atoms with Crippen molar-refractivity contribution in [3.63, 3.8) is 0 Å². The first-order valence-electron chi connectivity index (χ1n) is 9.50. The van der Waals surface area contributed by atoms with Crippen LogP contribution in [-0.4, -0.2) is 29.5 Å². The highest BCUT2D eigenvalue weighted by Gasteiger charge is 2.27. The van der Waals surface area contributed by atoms with Crippen LogP contribution in [0.5, 0.6) is 0 Å². The minimum Gasteiger partial charge on any atom is -0.342 e. The highest BCUT2D eigenvalue weighted by atomic mass is 32.2. The highest BCUT2D eigenvalue weighted by Crippen LogP contribution is 2.30. The van der Waals surface area contributed by atoms with Crippen molar-refractivity contribution in [3.8, 4) is 0 Å². The predicted octanol–water partition coefficient (Wildman–Crippen LogP) is 3.95. The fraction of sp³-hybridized carbons (Fsp3) is 0.130. The van der Waals surface area contributed by atoms with Gasteiger partial charge in [-0.15, -0.1) is 0 Å². The summed E-state index contributed by atoms with van der Waals surface area (Å²) in [6, 6.07) is 15.9. The van der Waals surface area contributed by atoms with Gasteiger partial charge in [-0.1, -0.05) is 36.4 Å². The molecule has 2 aromatic heterocycles. The smallest absolute Gasteiger partial charge is 0.187 e. The number of carbonyl (C=O) groups excluding carboxylic acids is 1. The van der Waals surface area contributed by atoms with E-state index in [4.69, 9.17) is 0 Å². The minimum absolute atomic E-state index is 0.108. The molecule has 0 atom stereocenters. The van der Waals surface area contributed by atoms with E-state index in [1.807, 2.05) is 30.3 Å². The van der Waals surface area contributed by atoms with Crippen LogP contribution in [0.1, 0.15) is 11.3 Å². The van der Waals surface area contributed by atoms with Crippen LogP contribution in [0.4, 0.5) is 8.78 Å². The van der Waals surface area contributed by atoms with Crippen LogP contribution >= 0.6 is 0 Å². The summed E-state index contributed by atoms with van der Waals surface area (Å²) in [4.78, 5) is 16.1. The van der Waals surface area contributed by atoms with Gasteiger partial charge in [-0.05, 0) is 23.8 Å². The van der Waals surface area contributed by atoms with Gasteiger partial charge in [0.2, 0.25) is 0 Å². The number of ketones is 1. The molecule has 0 bridgehead atoms. The molecular formula is C23H18F2N2O3S. The molecule has 0 unspecified atom stereocenters. The van der Waals surface area contributed by atoms with Crippen LogP contribution in [-0.2, 0) is 27.6 Å². The van der Waals surface area contributed by atoms with E-state index in [0.717, 1.165) is 11.6 Å². The average molecular weight is 440 g/mol. The summed E-state index contributed by atoms with van der Waals surface area (Å²) >= 11 is 0. The first kappa shape index (κ1) is 20.9. The van der Waals surface area contributed by atoms with Crippen LogP contribution in [0.25, 0.3) is 10.9 Å². The second-order valence-corrected chi connectivity index (χ2v) is 9.14. The van der Waals surface area contributed by atoms with Crippen molar-refractivity contribution in [1.82, 2.24) is 9.55 Å². The Balaban J connectivity index is 1.73. The second kappa shape index (κ2) is 8.39. The van der Waals surface area contributed by atoms with Crippen LogP contribution in [0.3, 0.4) is 0 Å². The lowest BCUT2D eigenvalue weighted by Crippen LogP contribution is -2.18. The number of fused-ring (bicyclic) bond motifs is 1. The predicted molar refractivity (Wildman–Crippen MR) is 112 cm³/mol. The molecule has 4 rings (SSSR count). The van der Waals surface area contributed by atoms with E-state index >= 15 is 0 Å². The molecule has 0 spiro atoms. The fourth-order valence-corrected chi connectivity index (χ4v) is 4.98. The number of halogens is 2. The highest BCUT2D eigenvalue weighted by molar-refractivity contribution is 7.92. The molecule has 0 N–H and O–H groups in total. The van der Waals surface area contributed by atoms with Gasteiger partial charge in [0.05, 0.1) is 15.8 Å². The van der Waals surface area contributed by atoms with E-state index in [-0.39, 0.29) is 28.8 Å². The SMILES string of the molecule is O=C(Cc1ccccn1)CS(=O)(=O)c1cn(Cc2ccccc2)c2cc(F)cc(F)c12. The largest absolute Gasteiger partial charge is 0.342 e. The molecule has 0 fully saturated rings. The molecule has 0 aliphatic rings. The Kier molecular flexibility index (Phi) is 5.65. The molecule has 8 heteroatoms. The van der Waals surface area contributed by atoms with E-state index in [0.29, 0.717) is 11.8 Å². The number of hydrogen-bond donors (Lipinski definition) is 0. The Labute approximate surface area is 177 Å². The lowest BCUT2D eigenvalue weighted by molar-refractivity contribution is -0.116. The van der Waals surface area contributed by atoms with Crippen molar-refractivity contribution >= 4 is 26.5 Å². The molecule has 2 aromatic carbocycles. The van der Waals surface area contributed by atoms with Crippen LogP contribution in [0.2, 0.25) is 0 Å². The zero-order valence-corrected chi connectivity index (χ0v) is 17.1. The molecule has 2 heterocycles. The van der Waals surface area contributed by atoms with Crippen LogP contribution < -0.4 is 0 Å². The van der Waals surface area contributed by atoms with Crippen molar-refractivity contribution in [2.24, 2.45) is 0 Å². The molecular weight excluding hydrogens is 422 g/mol. The van der Waals surface area contributed by atoms with Gasteiger partial charge in [0.25, 0.3) is 0 Å². The van der Waals surface area contributed by atoms with E-state index in [1.54, 1.807) is 18.2 Å². The number of nitrogens with zero attached hydrogens (tertiary/aromatic N) is 2. The third-order valence-corrected chi connectivity index (χ3v) is 6.53. The monoisotopic (exact) mass is 440 g/mol. The molecule has 5 nitrogen and oxygen atoms in total. The summed E-state index contributed by atoms with van der Waals surface area (Å²) in [6.07, 6.45) is 2.63. The Hall–Kier alpha value is -3.39. The average Bonchev–Trinajstić information content (AvgIpc) is 3.08. The summed E-state index contributed by atoms with van der Waals surface area (Å²) in [5.74, 6) is -3.17. The van der Waals surface area contributed by atoms with Gasteiger partial charge in [-0.2, -0.15) is 0 Å². The number of carbonyl (C=O) groups is 1. The van der Waals surface area contributed by atoms with Gasteiger partial charge in [-0.25, -0.2) is 17.2 Å². The first-order valence-corrected chi connectivity index (χ1v) is 11.1. The van der Waals surface area contributed by atoms with E-state index in [2.05, 4.69) is 4.98 Å². The number of rotatable bonds is 7. The lowest BCUT2D eigenvalue weighted by Gasteiger charge is -2.05. The van der Waals surface area contributed by atoms with Gasteiger partial charge in [0.1, 0.15) is 17.4 Å². The number of hydrogen-bond acceptors (Lipinski definition) is 4. The topological polar surface area (TPSA) is 69.0 Å². The normalized spacial score (nSPS) is 11.7. The standard InChI is InChI=1S/C23H18F2N2O3S/c24-17-10-20(25)23-21(11-17)27(13-16-6-2-1-3-7-16)14-22(23)31(29,30)15-19(28)12-18-8-4-5-9-26-18/h1-11,14H,12-13,15H2. The van der Waals surface area contributed by atoms with Gasteiger partial charge in [0.15, 0.2) is 15.6 Å². The zero-order chi connectivity index (χ0) is 22.0. The lowest BCUT2D eigenvalue weighted by atomic mass is 10.2. The van der Waals surface area contributed by atoms with E-state index in [9.17, 15) is 22.0 Å². The molecule has 0 saturated carbocycles. The minimum atomic E-state index is -4.17. The quantitative estimate of drug-likeness (QED) is 0.436. The third-order valence-electron chi connectivity index (χ3n) is 4.85. The number of pyridine rings is 1. The maximum Gasteiger partial charge on any atom is 0.187 e. The second-order valence-electron chi connectivity index (χ2n) is 7.18. The van der Waals surface area contributed by atoms with Crippen LogP contribution in [0, 0.1) is 11.6 Å². The summed E-state index contributed by atoms with van der Waals surface area (Å²) in [6.45, 7) is 0.220. The summed E-state index contributed by atoms with van der Waals surface area (Å²) in [5.41, 5.74) is 1.39. The van der Waals surface area contributed by atoms with Crippen molar-refractivity contribution in [2.45, 2.75) is 17.9 Å². The van der Waals surface area contributed by atoms with Crippen molar-refractivity contribution in [3.05, 3.63) is 95.9 Å². The summed E-state index contributed by atoms with van der Waals surface area (Å²) < 4.78 is 56.1. The number of Topliss-reactive ketones (excluding diaryl/α,β-unsaturated/α-hetero) is 1. The zero-order valence-electron chi connectivity index (χ0n) is 16.3. The van der Waals surface area contributed by atoms with Gasteiger partial charge < -0.3 is 4.57 Å². The third kappa shape index (κ3) is 4.54. The van der Waals surface area contributed by atoms with Gasteiger partial charge in [-0.3, -0.25) is 9.78 Å². The van der Waals surface area contributed by atoms with Crippen LogP contribution in [0.15, 0.2) is 78.0 Å². The van der Waals surface area contributed by atoms with E-state index < -0.39 is 33.0 Å². The van der Waals surface area contributed by atoms with Crippen molar-refractivity contribution in [2.75, 3.05) is 5.75 Å². The fourth-order valence-electron chi connectivity index (χ4n) is 3.50. The maximum absolute atomic E-state index is 14.7. The van der Waals surface area contributed by atoms with Crippen molar-refractivity contribution < 1.29 is 22.0 Å². The molecule has 0 aliphatic carbocycles.